The molecule has 7 heteroatoms. The van der Waals surface area contributed by atoms with Gasteiger partial charge in [0, 0.05) is 49.4 Å². The molecule has 2 aromatic heterocycles. The number of nitrogens with zero attached hydrogens (tertiary/aromatic N) is 6. The van der Waals surface area contributed by atoms with E-state index in [2.05, 4.69) is 48.1 Å². The third kappa shape index (κ3) is 3.03. The molecule has 7 nitrogen and oxygen atoms in total. The van der Waals surface area contributed by atoms with E-state index in [1.54, 1.807) is 6.33 Å². The molecule has 2 fully saturated rings. The van der Waals surface area contributed by atoms with Crippen LogP contribution in [0.4, 0.5) is 5.69 Å². The fourth-order valence-corrected chi connectivity index (χ4v) is 3.69. The summed E-state index contributed by atoms with van der Waals surface area (Å²) in [5.41, 5.74) is 2.22. The van der Waals surface area contributed by atoms with Crippen LogP contribution in [0.5, 0.6) is 0 Å². The number of hydrogen-bond donors (Lipinski definition) is 0. The van der Waals surface area contributed by atoms with Crippen LogP contribution in [0, 0.1) is 0 Å². The van der Waals surface area contributed by atoms with Gasteiger partial charge in [0.1, 0.15) is 6.33 Å². The van der Waals surface area contributed by atoms with E-state index in [-0.39, 0.29) is 0 Å². The minimum absolute atomic E-state index is 0.505. The van der Waals surface area contributed by atoms with Crippen LogP contribution in [0.1, 0.15) is 36.9 Å². The largest absolute Gasteiger partial charge is 0.369 e. The molecule has 3 heterocycles. The zero-order valence-electron chi connectivity index (χ0n) is 14.7. The lowest BCUT2D eigenvalue weighted by Crippen LogP contribution is -2.46. The minimum atomic E-state index is 0.505. The van der Waals surface area contributed by atoms with Crippen LogP contribution in [-0.2, 0) is 6.54 Å². The van der Waals surface area contributed by atoms with Crippen LogP contribution in [0.3, 0.4) is 0 Å². The van der Waals surface area contributed by atoms with Crippen LogP contribution in [-0.4, -0.2) is 51.2 Å². The lowest BCUT2D eigenvalue weighted by molar-refractivity contribution is 0.238. The van der Waals surface area contributed by atoms with Gasteiger partial charge in [-0.05, 0) is 31.0 Å². The molecule has 1 aromatic carbocycles. The second-order valence-electron chi connectivity index (χ2n) is 7.21. The van der Waals surface area contributed by atoms with Crippen molar-refractivity contribution in [1.29, 1.82) is 0 Å². The predicted octanol–water partition coefficient (Wildman–Crippen LogP) is 2.60. The number of benzene rings is 1. The fourth-order valence-electron chi connectivity index (χ4n) is 3.69. The first-order valence-electron chi connectivity index (χ1n) is 9.35. The number of rotatable bonds is 4. The lowest BCUT2D eigenvalue weighted by Gasteiger charge is -2.35. The van der Waals surface area contributed by atoms with Crippen LogP contribution in [0.15, 0.2) is 35.2 Å². The van der Waals surface area contributed by atoms with Crippen molar-refractivity contribution in [1.82, 2.24) is 25.0 Å². The van der Waals surface area contributed by atoms with Crippen molar-refractivity contribution in [3.63, 3.8) is 0 Å². The highest BCUT2D eigenvalue weighted by molar-refractivity contribution is 5.81. The molecule has 0 radical (unpaired) electrons. The van der Waals surface area contributed by atoms with Gasteiger partial charge in [-0.3, -0.25) is 4.90 Å². The van der Waals surface area contributed by atoms with Crippen LogP contribution < -0.4 is 4.90 Å². The predicted molar refractivity (Wildman–Crippen MR) is 97.9 cm³/mol. The van der Waals surface area contributed by atoms with Crippen molar-refractivity contribution < 1.29 is 4.52 Å². The van der Waals surface area contributed by atoms with Crippen molar-refractivity contribution in [2.45, 2.75) is 31.7 Å². The van der Waals surface area contributed by atoms with Gasteiger partial charge in [-0.2, -0.15) is 4.98 Å². The Morgan fingerprint density at radius 2 is 2.00 bits per heavy atom. The molecule has 2 aliphatic rings. The van der Waals surface area contributed by atoms with Crippen LogP contribution >= 0.6 is 0 Å². The molecule has 26 heavy (non-hydrogen) atoms. The van der Waals surface area contributed by atoms with Crippen molar-refractivity contribution in [2.24, 2.45) is 0 Å². The van der Waals surface area contributed by atoms with Crippen LogP contribution in [0.2, 0.25) is 0 Å². The van der Waals surface area contributed by atoms with E-state index < -0.39 is 0 Å². The highest BCUT2D eigenvalue weighted by Crippen LogP contribution is 2.35. The van der Waals surface area contributed by atoms with E-state index in [0.717, 1.165) is 55.3 Å². The van der Waals surface area contributed by atoms with Gasteiger partial charge in [0.05, 0.1) is 12.1 Å². The van der Waals surface area contributed by atoms with Gasteiger partial charge in [-0.25, -0.2) is 9.97 Å². The molecule has 0 spiro atoms. The van der Waals surface area contributed by atoms with Gasteiger partial charge in [0.25, 0.3) is 0 Å². The molecule has 0 unspecified atom stereocenters. The van der Waals surface area contributed by atoms with E-state index >= 15 is 0 Å². The smallest absolute Gasteiger partial charge is 0.229 e. The molecular formula is C19H22N6O. The molecule has 0 N–H and O–H groups in total. The first-order valence-corrected chi connectivity index (χ1v) is 9.35. The van der Waals surface area contributed by atoms with E-state index in [0.29, 0.717) is 5.92 Å². The third-order valence-corrected chi connectivity index (χ3v) is 5.53. The molecule has 5 rings (SSSR count). The summed E-state index contributed by atoms with van der Waals surface area (Å²) in [6.45, 7) is 4.75. The summed E-state index contributed by atoms with van der Waals surface area (Å²) in [5, 5.41) is 5.26. The van der Waals surface area contributed by atoms with Gasteiger partial charge in [-0.1, -0.05) is 11.6 Å². The van der Waals surface area contributed by atoms with Gasteiger partial charge in [0.15, 0.2) is 5.82 Å². The van der Waals surface area contributed by atoms with Crippen molar-refractivity contribution in [3.8, 4) is 0 Å². The van der Waals surface area contributed by atoms with E-state index in [1.807, 2.05) is 6.20 Å². The van der Waals surface area contributed by atoms with Crippen molar-refractivity contribution >= 4 is 16.6 Å². The Morgan fingerprint density at radius 1 is 1.12 bits per heavy atom. The Balaban J connectivity index is 1.20. The average molecular weight is 350 g/mol. The quantitative estimate of drug-likeness (QED) is 0.716. The molecule has 1 aliphatic heterocycles. The topological polar surface area (TPSA) is 71.2 Å². The second-order valence-corrected chi connectivity index (χ2v) is 7.21. The number of aromatic nitrogens is 4. The SMILES string of the molecule is c1ncc2cc(N3CCN(Cc4noc(C5CCC5)n4)CC3)ccc2n1. The third-order valence-electron chi connectivity index (χ3n) is 5.53. The Bertz CT molecular complexity index is 898. The van der Waals surface area contributed by atoms with E-state index in [4.69, 9.17) is 4.52 Å². The molecule has 1 aliphatic carbocycles. The summed E-state index contributed by atoms with van der Waals surface area (Å²) in [7, 11) is 0. The molecule has 1 saturated heterocycles. The molecule has 134 valence electrons. The van der Waals surface area contributed by atoms with Crippen molar-refractivity contribution in [2.75, 3.05) is 31.1 Å². The Morgan fingerprint density at radius 3 is 2.81 bits per heavy atom. The maximum Gasteiger partial charge on any atom is 0.229 e. The maximum absolute atomic E-state index is 5.43. The number of hydrogen-bond acceptors (Lipinski definition) is 7. The van der Waals surface area contributed by atoms with Gasteiger partial charge in [-0.15, -0.1) is 0 Å². The molecule has 0 atom stereocenters. The summed E-state index contributed by atoms with van der Waals surface area (Å²) in [5.74, 6) is 2.16. The molecule has 1 saturated carbocycles. The Hall–Kier alpha value is -2.54. The molecule has 0 amide bonds. The first-order chi connectivity index (χ1) is 12.8. The van der Waals surface area contributed by atoms with Crippen molar-refractivity contribution in [3.05, 3.63) is 42.4 Å². The summed E-state index contributed by atoms with van der Waals surface area (Å²) in [4.78, 5) is 17.8. The Labute approximate surface area is 152 Å². The average Bonchev–Trinajstić information content (AvgIpc) is 3.08. The number of piperazine rings is 1. The number of anilines is 1. The van der Waals surface area contributed by atoms with Gasteiger partial charge in [0.2, 0.25) is 5.89 Å². The van der Waals surface area contributed by atoms with E-state index in [9.17, 15) is 0 Å². The zero-order chi connectivity index (χ0) is 17.3. The highest BCUT2D eigenvalue weighted by atomic mass is 16.5. The zero-order valence-corrected chi connectivity index (χ0v) is 14.7. The van der Waals surface area contributed by atoms with E-state index in [1.165, 1.54) is 24.9 Å². The van der Waals surface area contributed by atoms with Gasteiger partial charge < -0.3 is 9.42 Å². The highest BCUT2D eigenvalue weighted by Gasteiger charge is 2.26. The summed E-state index contributed by atoms with van der Waals surface area (Å²) in [6.07, 6.45) is 7.13. The first kappa shape index (κ1) is 15.7. The second kappa shape index (κ2) is 6.64. The summed E-state index contributed by atoms with van der Waals surface area (Å²) in [6, 6.07) is 6.39. The maximum atomic E-state index is 5.43. The Kier molecular flexibility index (Phi) is 4.01. The summed E-state index contributed by atoms with van der Waals surface area (Å²) < 4.78 is 5.43. The molecular weight excluding hydrogens is 328 g/mol. The fraction of sp³-hybridized carbons (Fsp3) is 0.474. The molecule has 0 bridgehead atoms. The normalized spacial score (nSPS) is 19.0. The van der Waals surface area contributed by atoms with Crippen LogP contribution in [0.25, 0.3) is 10.9 Å². The standard InChI is InChI=1S/C19H22N6O/c1-2-14(3-1)19-22-18(23-26-19)12-24-6-8-25(9-7-24)16-4-5-17-15(10-16)11-20-13-21-17/h4-5,10-11,13-14H,1-3,6-9,12H2. The van der Waals surface area contributed by atoms with Gasteiger partial charge >= 0.3 is 0 Å². The monoisotopic (exact) mass is 350 g/mol. The lowest BCUT2D eigenvalue weighted by atomic mass is 9.85. The summed E-state index contributed by atoms with van der Waals surface area (Å²) >= 11 is 0. The number of fused-ring (bicyclic) bond motifs is 1. The molecule has 3 aromatic rings. The minimum Gasteiger partial charge on any atom is -0.369 e.